The summed E-state index contributed by atoms with van der Waals surface area (Å²) in [6, 6.07) is 12.2. The Morgan fingerprint density at radius 1 is 1.26 bits per heavy atom. The average Bonchev–Trinajstić information content (AvgIpc) is 2.80. The number of hydrogen-bond donors (Lipinski definition) is 1. The van der Waals surface area contributed by atoms with E-state index in [2.05, 4.69) is 56.0 Å². The van der Waals surface area contributed by atoms with Crippen molar-refractivity contribution in [3.8, 4) is 0 Å². The number of benzene rings is 1. The maximum Gasteiger partial charge on any atom is 0.0175 e. The van der Waals surface area contributed by atoms with Crippen LogP contribution in [0.5, 0.6) is 0 Å². The van der Waals surface area contributed by atoms with Crippen molar-refractivity contribution in [2.24, 2.45) is 5.73 Å². The molecule has 1 aromatic carbocycles. The summed E-state index contributed by atoms with van der Waals surface area (Å²) in [6.45, 7) is 8.75. The van der Waals surface area contributed by atoms with E-state index in [0.29, 0.717) is 12.6 Å². The Kier molecular flexibility index (Phi) is 4.64. The molecule has 0 radical (unpaired) electrons. The predicted octanol–water partition coefficient (Wildman–Crippen LogP) is 3.17. The molecule has 2 nitrogen and oxygen atoms in total. The Morgan fingerprint density at radius 2 is 1.95 bits per heavy atom. The Labute approximate surface area is 118 Å². The first-order valence-electron chi connectivity index (χ1n) is 7.62. The van der Waals surface area contributed by atoms with Gasteiger partial charge in [0.05, 0.1) is 0 Å². The number of nitrogens with zero attached hydrogens (tertiary/aromatic N) is 1. The lowest BCUT2D eigenvalue weighted by atomic mass is 9.81. The fourth-order valence-corrected chi connectivity index (χ4v) is 3.37. The van der Waals surface area contributed by atoms with Crippen LogP contribution in [0.1, 0.15) is 45.6 Å². The summed E-state index contributed by atoms with van der Waals surface area (Å²) in [5.74, 6) is 0. The number of nitrogens with two attached hydrogens (primary N) is 1. The molecule has 0 aromatic heterocycles. The number of hydrogen-bond acceptors (Lipinski definition) is 2. The van der Waals surface area contributed by atoms with Crippen molar-refractivity contribution >= 4 is 0 Å². The van der Waals surface area contributed by atoms with E-state index in [1.165, 1.54) is 24.8 Å². The molecule has 106 valence electrons. The first-order valence-corrected chi connectivity index (χ1v) is 7.62. The second kappa shape index (κ2) is 6.06. The summed E-state index contributed by atoms with van der Waals surface area (Å²) >= 11 is 0. The average molecular weight is 260 g/mol. The van der Waals surface area contributed by atoms with Crippen molar-refractivity contribution in [1.29, 1.82) is 0 Å². The van der Waals surface area contributed by atoms with E-state index in [0.717, 1.165) is 12.6 Å². The van der Waals surface area contributed by atoms with Gasteiger partial charge < -0.3 is 5.73 Å². The molecule has 0 aliphatic carbocycles. The van der Waals surface area contributed by atoms with Crippen LogP contribution < -0.4 is 5.73 Å². The summed E-state index contributed by atoms with van der Waals surface area (Å²) in [4.78, 5) is 2.68. The first-order chi connectivity index (χ1) is 9.10. The van der Waals surface area contributed by atoms with Crippen LogP contribution in [0.2, 0.25) is 0 Å². The SMILES string of the molecule is CCC1CCC(C)N1CC(C)(CN)c1ccccc1. The van der Waals surface area contributed by atoms with Crippen LogP contribution in [0, 0.1) is 0 Å². The summed E-state index contributed by atoms with van der Waals surface area (Å²) in [5, 5.41) is 0. The largest absolute Gasteiger partial charge is 0.330 e. The van der Waals surface area contributed by atoms with Gasteiger partial charge in [0.2, 0.25) is 0 Å². The third-order valence-electron chi connectivity index (χ3n) is 4.88. The second-order valence-corrected chi connectivity index (χ2v) is 6.29. The van der Waals surface area contributed by atoms with Crippen molar-refractivity contribution in [1.82, 2.24) is 4.90 Å². The van der Waals surface area contributed by atoms with Gasteiger partial charge in [0.15, 0.2) is 0 Å². The molecule has 1 aromatic rings. The molecule has 1 fully saturated rings. The Bertz CT molecular complexity index is 390. The van der Waals surface area contributed by atoms with Crippen molar-refractivity contribution in [2.45, 2.75) is 57.5 Å². The molecule has 1 aliphatic rings. The Morgan fingerprint density at radius 3 is 2.53 bits per heavy atom. The maximum absolute atomic E-state index is 6.12. The van der Waals surface area contributed by atoms with E-state index < -0.39 is 0 Å². The molecule has 1 heterocycles. The highest BCUT2D eigenvalue weighted by Crippen LogP contribution is 2.32. The van der Waals surface area contributed by atoms with E-state index in [9.17, 15) is 0 Å². The summed E-state index contributed by atoms with van der Waals surface area (Å²) in [5.41, 5.74) is 7.55. The van der Waals surface area contributed by atoms with E-state index >= 15 is 0 Å². The van der Waals surface area contributed by atoms with Crippen LogP contribution in [0.3, 0.4) is 0 Å². The number of rotatable bonds is 5. The highest BCUT2D eigenvalue weighted by Gasteiger charge is 2.35. The number of likely N-dealkylation sites (tertiary alicyclic amines) is 1. The summed E-state index contributed by atoms with van der Waals surface area (Å²) < 4.78 is 0. The normalized spacial score (nSPS) is 27.4. The summed E-state index contributed by atoms with van der Waals surface area (Å²) in [6.07, 6.45) is 3.92. The zero-order chi connectivity index (χ0) is 13.9. The van der Waals surface area contributed by atoms with Crippen LogP contribution in [0.25, 0.3) is 0 Å². The van der Waals surface area contributed by atoms with Gasteiger partial charge in [-0.15, -0.1) is 0 Å². The predicted molar refractivity (Wildman–Crippen MR) is 82.3 cm³/mol. The molecule has 2 rings (SSSR count). The molecule has 0 spiro atoms. The molecular weight excluding hydrogens is 232 g/mol. The quantitative estimate of drug-likeness (QED) is 0.881. The van der Waals surface area contributed by atoms with Gasteiger partial charge in [-0.05, 0) is 31.7 Å². The minimum absolute atomic E-state index is 0.0628. The molecule has 3 atom stereocenters. The molecule has 0 saturated carbocycles. The topological polar surface area (TPSA) is 29.3 Å². The van der Waals surface area contributed by atoms with E-state index in [1.54, 1.807) is 0 Å². The van der Waals surface area contributed by atoms with Crippen LogP contribution in [0.4, 0.5) is 0 Å². The van der Waals surface area contributed by atoms with Crippen molar-refractivity contribution in [3.05, 3.63) is 35.9 Å². The van der Waals surface area contributed by atoms with E-state index in [1.807, 2.05) is 0 Å². The minimum Gasteiger partial charge on any atom is -0.330 e. The first kappa shape index (κ1) is 14.5. The fraction of sp³-hybridized carbons (Fsp3) is 0.647. The second-order valence-electron chi connectivity index (χ2n) is 6.29. The third kappa shape index (κ3) is 3.01. The van der Waals surface area contributed by atoms with Gasteiger partial charge in [-0.1, -0.05) is 44.2 Å². The van der Waals surface area contributed by atoms with Gasteiger partial charge in [-0.25, -0.2) is 0 Å². The van der Waals surface area contributed by atoms with Crippen LogP contribution in [0.15, 0.2) is 30.3 Å². The molecule has 19 heavy (non-hydrogen) atoms. The monoisotopic (exact) mass is 260 g/mol. The van der Waals surface area contributed by atoms with Crippen LogP contribution in [-0.2, 0) is 5.41 Å². The lowest BCUT2D eigenvalue weighted by molar-refractivity contribution is 0.157. The third-order valence-corrected chi connectivity index (χ3v) is 4.88. The Hall–Kier alpha value is -0.860. The van der Waals surface area contributed by atoms with Crippen LogP contribution >= 0.6 is 0 Å². The molecule has 0 amide bonds. The van der Waals surface area contributed by atoms with Gasteiger partial charge in [-0.3, -0.25) is 4.90 Å². The Balaban J connectivity index is 2.18. The zero-order valence-electron chi connectivity index (χ0n) is 12.6. The standard InChI is InChI=1S/C17H28N2/c1-4-16-11-10-14(2)19(16)13-17(3,12-18)15-8-6-5-7-9-15/h5-9,14,16H,4,10-13,18H2,1-3H3. The van der Waals surface area contributed by atoms with Crippen molar-refractivity contribution in [3.63, 3.8) is 0 Å². The van der Waals surface area contributed by atoms with Gasteiger partial charge in [-0.2, -0.15) is 0 Å². The molecule has 1 aliphatic heterocycles. The molecular formula is C17H28N2. The van der Waals surface area contributed by atoms with E-state index in [-0.39, 0.29) is 5.41 Å². The lowest BCUT2D eigenvalue weighted by Crippen LogP contribution is -2.47. The highest BCUT2D eigenvalue weighted by atomic mass is 15.2. The van der Waals surface area contributed by atoms with Gasteiger partial charge in [0.1, 0.15) is 0 Å². The molecule has 2 N–H and O–H groups in total. The minimum atomic E-state index is 0.0628. The maximum atomic E-state index is 6.12. The van der Waals surface area contributed by atoms with Gasteiger partial charge >= 0.3 is 0 Å². The zero-order valence-corrected chi connectivity index (χ0v) is 12.6. The van der Waals surface area contributed by atoms with E-state index in [4.69, 9.17) is 5.73 Å². The highest BCUT2D eigenvalue weighted by molar-refractivity contribution is 5.25. The van der Waals surface area contributed by atoms with Gasteiger partial charge in [0.25, 0.3) is 0 Å². The fourth-order valence-electron chi connectivity index (χ4n) is 3.37. The van der Waals surface area contributed by atoms with Gasteiger partial charge in [0, 0.05) is 30.6 Å². The molecule has 0 bridgehead atoms. The van der Waals surface area contributed by atoms with Crippen molar-refractivity contribution in [2.75, 3.05) is 13.1 Å². The van der Waals surface area contributed by atoms with Crippen LogP contribution in [-0.4, -0.2) is 30.1 Å². The lowest BCUT2D eigenvalue weighted by Gasteiger charge is -2.38. The molecule has 1 saturated heterocycles. The van der Waals surface area contributed by atoms with Crippen molar-refractivity contribution < 1.29 is 0 Å². The molecule has 3 unspecified atom stereocenters. The summed E-state index contributed by atoms with van der Waals surface area (Å²) in [7, 11) is 0. The smallest absolute Gasteiger partial charge is 0.0175 e. The molecule has 2 heteroatoms.